The maximum atomic E-state index is 11.9. The van der Waals surface area contributed by atoms with Crippen LogP contribution in [0.25, 0.3) is 0 Å². The summed E-state index contributed by atoms with van der Waals surface area (Å²) in [7, 11) is 0. The zero-order valence-corrected chi connectivity index (χ0v) is 12.1. The summed E-state index contributed by atoms with van der Waals surface area (Å²) in [5.74, 6) is 1.05. The molecule has 3 rings (SSSR count). The molecule has 1 saturated carbocycles. The van der Waals surface area contributed by atoms with Gasteiger partial charge in [0.25, 0.3) is 0 Å². The Labute approximate surface area is 129 Å². The first-order chi connectivity index (χ1) is 9.63. The molecular formula is C16H12Cl2NO. The number of allylic oxidation sites excluding steroid dienone is 2. The van der Waals surface area contributed by atoms with Gasteiger partial charge in [-0.25, -0.2) is 0 Å². The van der Waals surface area contributed by atoms with E-state index in [0.717, 1.165) is 17.2 Å². The van der Waals surface area contributed by atoms with Crippen LogP contribution in [-0.2, 0) is 4.79 Å². The van der Waals surface area contributed by atoms with Crippen LogP contribution in [0.4, 0.5) is 0 Å². The van der Waals surface area contributed by atoms with Crippen LogP contribution in [0, 0.1) is 31.6 Å². The number of hydrogen-bond donors (Lipinski definition) is 1. The molecule has 5 radical (unpaired) electrons. The number of amides is 1. The molecule has 0 aromatic heterocycles. The van der Waals surface area contributed by atoms with Crippen molar-refractivity contribution in [3.05, 3.63) is 77.2 Å². The fourth-order valence-electron chi connectivity index (χ4n) is 2.38. The first-order valence-corrected chi connectivity index (χ1v) is 7.08. The van der Waals surface area contributed by atoms with Crippen LogP contribution in [-0.4, -0.2) is 5.91 Å². The quantitative estimate of drug-likeness (QED) is 0.882. The van der Waals surface area contributed by atoms with Crippen LogP contribution < -0.4 is 5.32 Å². The smallest absolute Gasteiger partial charge is 0.225 e. The van der Waals surface area contributed by atoms with E-state index in [1.165, 1.54) is 0 Å². The van der Waals surface area contributed by atoms with Crippen molar-refractivity contribution >= 4 is 29.1 Å². The van der Waals surface area contributed by atoms with E-state index in [0.29, 0.717) is 16.5 Å². The molecule has 1 amide bonds. The largest absolute Gasteiger partial charge is 0.329 e. The molecule has 2 aliphatic rings. The highest BCUT2D eigenvalue weighted by molar-refractivity contribution is 6.42. The average molecular weight is 305 g/mol. The Kier molecular flexibility index (Phi) is 4.04. The molecular weight excluding hydrogens is 293 g/mol. The van der Waals surface area contributed by atoms with Gasteiger partial charge in [-0.3, -0.25) is 4.79 Å². The minimum absolute atomic E-state index is 0.0137. The topological polar surface area (TPSA) is 29.1 Å². The Morgan fingerprint density at radius 3 is 2.55 bits per heavy atom. The Morgan fingerprint density at radius 1 is 1.10 bits per heavy atom. The van der Waals surface area contributed by atoms with Gasteiger partial charge in [0.2, 0.25) is 5.91 Å². The van der Waals surface area contributed by atoms with Gasteiger partial charge in [-0.2, -0.15) is 0 Å². The van der Waals surface area contributed by atoms with Crippen LogP contribution >= 0.6 is 23.2 Å². The van der Waals surface area contributed by atoms with Crippen LogP contribution in [0.3, 0.4) is 0 Å². The maximum absolute atomic E-state index is 11.9. The lowest BCUT2D eigenvalue weighted by molar-refractivity contribution is -0.120. The van der Waals surface area contributed by atoms with Crippen molar-refractivity contribution in [2.75, 3.05) is 0 Å². The summed E-state index contributed by atoms with van der Waals surface area (Å²) < 4.78 is 0. The molecule has 1 unspecified atom stereocenters. The van der Waals surface area contributed by atoms with Gasteiger partial charge < -0.3 is 5.32 Å². The summed E-state index contributed by atoms with van der Waals surface area (Å²) >= 11 is 12.0. The SMILES string of the molecule is O=C1CC(c2ccc(Cl)c(Cl)c2)C=C([C]2[CH][CH][CH][CH]2)N1. The van der Waals surface area contributed by atoms with Gasteiger partial charge in [0.15, 0.2) is 0 Å². The average Bonchev–Trinajstić information content (AvgIpc) is 2.95. The molecule has 1 N–H and O–H groups in total. The molecule has 0 spiro atoms. The molecule has 1 atom stereocenters. The van der Waals surface area contributed by atoms with Crippen LogP contribution in [0.15, 0.2) is 30.0 Å². The summed E-state index contributed by atoms with van der Waals surface area (Å²) in [6, 6.07) is 5.50. The van der Waals surface area contributed by atoms with Gasteiger partial charge in [0, 0.05) is 24.0 Å². The fourth-order valence-corrected chi connectivity index (χ4v) is 2.69. The third-order valence-electron chi connectivity index (χ3n) is 3.39. The summed E-state index contributed by atoms with van der Waals surface area (Å²) in [5.41, 5.74) is 1.85. The van der Waals surface area contributed by atoms with Crippen molar-refractivity contribution in [2.24, 2.45) is 0 Å². The number of carbonyl (C=O) groups excluding carboxylic acids is 1. The number of halogens is 2. The second-order valence-corrected chi connectivity index (χ2v) is 5.60. The minimum Gasteiger partial charge on any atom is -0.329 e. The van der Waals surface area contributed by atoms with E-state index in [1.54, 1.807) is 6.07 Å². The Hall–Kier alpha value is -0.990. The summed E-state index contributed by atoms with van der Waals surface area (Å²) in [6.45, 7) is 0. The van der Waals surface area contributed by atoms with Crippen LogP contribution in [0.5, 0.6) is 0 Å². The highest BCUT2D eigenvalue weighted by Gasteiger charge is 2.28. The predicted octanol–water partition coefficient (Wildman–Crippen LogP) is 3.89. The lowest BCUT2D eigenvalue weighted by atomic mass is 9.88. The van der Waals surface area contributed by atoms with E-state index in [2.05, 4.69) is 11.4 Å². The molecule has 1 fully saturated rings. The minimum atomic E-state index is 0.0137. The maximum Gasteiger partial charge on any atom is 0.225 e. The van der Waals surface area contributed by atoms with E-state index in [1.807, 2.05) is 37.8 Å². The zero-order valence-electron chi connectivity index (χ0n) is 10.6. The lowest BCUT2D eigenvalue weighted by Crippen LogP contribution is -2.31. The first-order valence-electron chi connectivity index (χ1n) is 6.32. The number of nitrogens with one attached hydrogen (secondary N) is 1. The van der Waals surface area contributed by atoms with Gasteiger partial charge in [-0.05, 0) is 43.4 Å². The summed E-state index contributed by atoms with van der Waals surface area (Å²) in [5, 5.41) is 3.94. The second kappa shape index (κ2) is 5.79. The van der Waals surface area contributed by atoms with Crippen molar-refractivity contribution in [1.82, 2.24) is 5.32 Å². The normalized spacial score (nSPS) is 23.6. The summed E-state index contributed by atoms with van der Waals surface area (Å²) in [4.78, 5) is 11.9. The van der Waals surface area contributed by atoms with Gasteiger partial charge in [0.1, 0.15) is 0 Å². The standard InChI is InChI=1S/C16H12Cl2NO/c17-13-6-5-11(7-14(13)18)12-8-15(19-16(20)9-12)10-3-1-2-4-10/h1-8,12H,9H2,(H,19,20). The lowest BCUT2D eigenvalue weighted by Gasteiger charge is -2.25. The van der Waals surface area contributed by atoms with Crippen molar-refractivity contribution in [3.8, 4) is 0 Å². The zero-order chi connectivity index (χ0) is 14.1. The Morgan fingerprint density at radius 2 is 1.85 bits per heavy atom. The van der Waals surface area contributed by atoms with Crippen molar-refractivity contribution in [2.45, 2.75) is 12.3 Å². The highest BCUT2D eigenvalue weighted by atomic mass is 35.5. The molecule has 1 aliphatic carbocycles. The predicted molar refractivity (Wildman–Crippen MR) is 80.5 cm³/mol. The molecule has 0 saturated heterocycles. The van der Waals surface area contributed by atoms with E-state index in [4.69, 9.17) is 23.2 Å². The number of carbonyl (C=O) groups is 1. The molecule has 20 heavy (non-hydrogen) atoms. The molecule has 1 aromatic carbocycles. The number of benzene rings is 1. The van der Waals surface area contributed by atoms with Gasteiger partial charge in [0.05, 0.1) is 10.0 Å². The van der Waals surface area contributed by atoms with Gasteiger partial charge in [-0.15, -0.1) is 0 Å². The molecule has 4 heteroatoms. The van der Waals surface area contributed by atoms with Crippen LogP contribution in [0.1, 0.15) is 17.9 Å². The van der Waals surface area contributed by atoms with Crippen LogP contribution in [0.2, 0.25) is 10.0 Å². The van der Waals surface area contributed by atoms with E-state index >= 15 is 0 Å². The monoisotopic (exact) mass is 304 g/mol. The molecule has 101 valence electrons. The number of rotatable bonds is 2. The molecule has 1 aromatic rings. The first kappa shape index (κ1) is 14.0. The fraction of sp³-hybridized carbons (Fsp3) is 0.125. The molecule has 1 heterocycles. The van der Waals surface area contributed by atoms with Gasteiger partial charge >= 0.3 is 0 Å². The number of hydrogen-bond acceptors (Lipinski definition) is 1. The molecule has 0 bridgehead atoms. The third-order valence-corrected chi connectivity index (χ3v) is 4.13. The Bertz CT molecular complexity index is 562. The van der Waals surface area contributed by atoms with Gasteiger partial charge in [-0.1, -0.05) is 35.3 Å². The van der Waals surface area contributed by atoms with E-state index in [-0.39, 0.29) is 11.8 Å². The van der Waals surface area contributed by atoms with E-state index < -0.39 is 0 Å². The highest BCUT2D eigenvalue weighted by Crippen LogP contribution is 2.35. The van der Waals surface area contributed by atoms with Crippen molar-refractivity contribution < 1.29 is 4.79 Å². The van der Waals surface area contributed by atoms with Crippen molar-refractivity contribution in [3.63, 3.8) is 0 Å². The Balaban J connectivity index is 1.89. The molecule has 1 aliphatic heterocycles. The van der Waals surface area contributed by atoms with Crippen molar-refractivity contribution in [1.29, 1.82) is 0 Å². The molecule has 2 nitrogen and oxygen atoms in total. The summed E-state index contributed by atoms with van der Waals surface area (Å²) in [6.07, 6.45) is 10.3. The second-order valence-electron chi connectivity index (χ2n) is 4.79. The van der Waals surface area contributed by atoms with E-state index in [9.17, 15) is 4.79 Å². The third kappa shape index (κ3) is 2.87.